The van der Waals surface area contributed by atoms with Crippen molar-refractivity contribution in [3.8, 4) is 0 Å². The number of benzene rings is 1. The molecule has 4 rings (SSSR count). The van der Waals surface area contributed by atoms with Crippen LogP contribution < -0.4 is 0 Å². The molecule has 180 valence electrons. The number of aryl methyl sites for hydroxylation is 1. The molecular formula is C25H35ClN4O3. The number of aromatic nitrogens is 2. The van der Waals surface area contributed by atoms with Gasteiger partial charge in [-0.05, 0) is 44.5 Å². The third-order valence-electron chi connectivity index (χ3n) is 5.91. The highest BCUT2D eigenvalue weighted by atomic mass is 35.5. The summed E-state index contributed by atoms with van der Waals surface area (Å²) in [6.07, 6.45) is 8.63. The number of aliphatic hydroxyl groups is 1. The van der Waals surface area contributed by atoms with Crippen LogP contribution in [0.5, 0.6) is 0 Å². The van der Waals surface area contributed by atoms with Gasteiger partial charge >= 0.3 is 0 Å². The quantitative estimate of drug-likeness (QED) is 0.541. The van der Waals surface area contributed by atoms with Crippen molar-refractivity contribution >= 4 is 23.3 Å². The lowest BCUT2D eigenvalue weighted by molar-refractivity contribution is -0.127. The van der Waals surface area contributed by atoms with E-state index in [9.17, 15) is 9.59 Å². The van der Waals surface area contributed by atoms with E-state index < -0.39 is 0 Å². The van der Waals surface area contributed by atoms with Crippen LogP contribution in [-0.2, 0) is 24.3 Å². The number of carbonyl (C=O) groups excluding carboxylic acids is 2. The lowest BCUT2D eigenvalue weighted by Crippen LogP contribution is -2.38. The molecule has 1 aromatic carbocycles. The molecule has 1 unspecified atom stereocenters. The van der Waals surface area contributed by atoms with Crippen LogP contribution in [0, 0.1) is 0 Å². The summed E-state index contributed by atoms with van der Waals surface area (Å²) in [5.74, 6) is 0.831. The molecule has 0 aliphatic carbocycles. The fourth-order valence-corrected chi connectivity index (χ4v) is 4.26. The summed E-state index contributed by atoms with van der Waals surface area (Å²) in [6, 6.07) is 8.29. The smallest absolute Gasteiger partial charge is 0.246 e. The lowest BCUT2D eigenvalue weighted by Gasteiger charge is -2.27. The maximum atomic E-state index is 12.3. The first-order valence-corrected chi connectivity index (χ1v) is 11.7. The standard InChI is InChI=1S/C16H22N4O2.C8H9Cl.CH4O/c1-12(21)14-10-17-15-11-19(8-9-20(14)15)16(22)6-5-13-4-3-7-18(13)2;1-2-7-5-3-4-6-8(7)9;1-2/h5-6,10,13H,3-4,7-9,11H2,1-2H3;3-6H,2H2,1H3;2H,1H3/b6-5+;;. The maximum Gasteiger partial charge on any atom is 0.246 e. The molecular weight excluding hydrogens is 440 g/mol. The minimum absolute atomic E-state index is 0.0164. The van der Waals surface area contributed by atoms with Gasteiger partial charge in [0.1, 0.15) is 11.5 Å². The number of ketones is 1. The minimum Gasteiger partial charge on any atom is -0.400 e. The lowest BCUT2D eigenvalue weighted by atomic mass is 10.2. The summed E-state index contributed by atoms with van der Waals surface area (Å²) in [7, 11) is 3.09. The van der Waals surface area contributed by atoms with Crippen molar-refractivity contribution in [2.24, 2.45) is 0 Å². The van der Waals surface area contributed by atoms with E-state index in [1.165, 1.54) is 12.0 Å². The number of nitrogens with zero attached hydrogens (tertiary/aromatic N) is 4. The Bertz CT molecular complexity index is 957. The summed E-state index contributed by atoms with van der Waals surface area (Å²) >= 11 is 5.82. The first kappa shape index (κ1) is 26.8. The molecule has 1 aromatic heterocycles. The van der Waals surface area contributed by atoms with Gasteiger partial charge in [0, 0.05) is 44.3 Å². The van der Waals surface area contributed by atoms with Gasteiger partial charge in [0.05, 0.1) is 12.7 Å². The van der Waals surface area contributed by atoms with Crippen LogP contribution in [0.3, 0.4) is 0 Å². The molecule has 2 aromatic rings. The molecule has 1 fully saturated rings. The number of hydrogen-bond acceptors (Lipinski definition) is 5. The zero-order valence-electron chi connectivity index (χ0n) is 20.0. The molecule has 1 N–H and O–H groups in total. The van der Waals surface area contributed by atoms with Crippen LogP contribution in [0.15, 0.2) is 42.6 Å². The van der Waals surface area contributed by atoms with E-state index in [2.05, 4.69) is 23.9 Å². The largest absolute Gasteiger partial charge is 0.400 e. The van der Waals surface area contributed by atoms with E-state index in [4.69, 9.17) is 16.7 Å². The van der Waals surface area contributed by atoms with E-state index in [1.807, 2.05) is 34.9 Å². The van der Waals surface area contributed by atoms with Crippen LogP contribution in [0.4, 0.5) is 0 Å². The molecule has 0 saturated carbocycles. The summed E-state index contributed by atoms with van der Waals surface area (Å²) in [5.41, 5.74) is 1.85. The summed E-state index contributed by atoms with van der Waals surface area (Å²) < 4.78 is 1.92. The summed E-state index contributed by atoms with van der Waals surface area (Å²) in [5, 5.41) is 7.88. The van der Waals surface area contributed by atoms with Gasteiger partial charge in [-0.1, -0.05) is 42.8 Å². The molecule has 0 radical (unpaired) electrons. The van der Waals surface area contributed by atoms with Crippen molar-refractivity contribution in [3.63, 3.8) is 0 Å². The molecule has 33 heavy (non-hydrogen) atoms. The highest BCUT2D eigenvalue weighted by Crippen LogP contribution is 2.18. The summed E-state index contributed by atoms with van der Waals surface area (Å²) in [4.78, 5) is 32.2. The van der Waals surface area contributed by atoms with Crippen LogP contribution in [0.1, 0.15) is 48.6 Å². The van der Waals surface area contributed by atoms with E-state index in [1.54, 1.807) is 24.1 Å². The maximum absolute atomic E-state index is 12.3. The van der Waals surface area contributed by atoms with Crippen LogP contribution in [0.2, 0.25) is 5.02 Å². The number of halogens is 1. The van der Waals surface area contributed by atoms with E-state index in [0.717, 1.165) is 37.3 Å². The molecule has 2 aliphatic heterocycles. The zero-order chi connectivity index (χ0) is 24.4. The Morgan fingerprint density at radius 2 is 1.94 bits per heavy atom. The average molecular weight is 475 g/mol. The summed E-state index contributed by atoms with van der Waals surface area (Å²) in [6.45, 7) is 6.46. The number of likely N-dealkylation sites (N-methyl/N-ethyl adjacent to an activating group) is 1. The first-order chi connectivity index (χ1) is 15.9. The fraction of sp³-hybridized carbons (Fsp3) is 0.480. The van der Waals surface area contributed by atoms with E-state index >= 15 is 0 Å². The van der Waals surface area contributed by atoms with Crippen molar-refractivity contribution in [3.05, 3.63) is 64.7 Å². The highest BCUT2D eigenvalue weighted by molar-refractivity contribution is 6.31. The van der Waals surface area contributed by atoms with Crippen LogP contribution in [0.25, 0.3) is 0 Å². The second-order valence-electron chi connectivity index (χ2n) is 8.02. The first-order valence-electron chi connectivity index (χ1n) is 11.3. The average Bonchev–Trinajstić information content (AvgIpc) is 3.45. The molecule has 7 nitrogen and oxygen atoms in total. The number of fused-ring (bicyclic) bond motifs is 1. The van der Waals surface area contributed by atoms with E-state index in [0.29, 0.717) is 31.4 Å². The van der Waals surface area contributed by atoms with Gasteiger partial charge in [0.15, 0.2) is 5.78 Å². The predicted molar refractivity (Wildman–Crippen MR) is 131 cm³/mol. The van der Waals surface area contributed by atoms with Gasteiger partial charge in [0.2, 0.25) is 5.91 Å². The predicted octanol–water partition coefficient (Wildman–Crippen LogP) is 3.59. The molecule has 1 atom stereocenters. The van der Waals surface area contributed by atoms with Crippen molar-refractivity contribution in [1.29, 1.82) is 0 Å². The van der Waals surface area contributed by atoms with Gasteiger partial charge in [-0.3, -0.25) is 14.5 Å². The Morgan fingerprint density at radius 3 is 2.52 bits per heavy atom. The SMILES string of the molecule is CC(=O)c1cnc2n1CCN(C(=O)/C=C/C1CCCN1C)C2.CCc1ccccc1Cl.CO. The Hall–Kier alpha value is -2.48. The number of imidazole rings is 1. The van der Waals surface area contributed by atoms with Crippen LogP contribution in [-0.4, -0.2) is 69.4 Å². The Morgan fingerprint density at radius 1 is 1.21 bits per heavy atom. The second-order valence-corrected chi connectivity index (χ2v) is 8.43. The molecule has 3 heterocycles. The van der Waals surface area contributed by atoms with Gasteiger partial charge in [0.25, 0.3) is 0 Å². The van der Waals surface area contributed by atoms with Crippen molar-refractivity contribution in [2.45, 2.75) is 52.2 Å². The monoisotopic (exact) mass is 474 g/mol. The zero-order valence-corrected chi connectivity index (χ0v) is 20.8. The van der Waals surface area contributed by atoms with Gasteiger partial charge in [-0.15, -0.1) is 0 Å². The molecule has 1 amide bonds. The van der Waals surface area contributed by atoms with Crippen molar-refractivity contribution < 1.29 is 14.7 Å². The number of amides is 1. The number of rotatable bonds is 4. The topological polar surface area (TPSA) is 78.7 Å². The number of Topliss-reactive ketones (excluding diaryl/α,β-unsaturated/α-hetero) is 1. The van der Waals surface area contributed by atoms with Crippen LogP contribution >= 0.6 is 11.6 Å². The number of aliphatic hydroxyl groups excluding tert-OH is 1. The molecule has 0 spiro atoms. The third kappa shape index (κ3) is 7.25. The Labute approximate surface area is 201 Å². The van der Waals surface area contributed by atoms with E-state index in [-0.39, 0.29) is 11.7 Å². The Balaban J connectivity index is 0.000000293. The van der Waals surface area contributed by atoms with Gasteiger partial charge in [-0.25, -0.2) is 4.98 Å². The molecule has 1 saturated heterocycles. The number of carbonyl (C=O) groups is 2. The third-order valence-corrected chi connectivity index (χ3v) is 6.28. The van der Waals surface area contributed by atoms with Crippen molar-refractivity contribution in [1.82, 2.24) is 19.4 Å². The second kappa shape index (κ2) is 13.3. The normalized spacial score (nSPS) is 17.6. The molecule has 2 aliphatic rings. The van der Waals surface area contributed by atoms with Gasteiger partial charge < -0.3 is 14.6 Å². The van der Waals surface area contributed by atoms with Crippen molar-refractivity contribution in [2.75, 3.05) is 27.2 Å². The van der Waals surface area contributed by atoms with Gasteiger partial charge in [-0.2, -0.15) is 0 Å². The molecule has 0 bridgehead atoms. The number of hydrogen-bond donors (Lipinski definition) is 1. The fourth-order valence-electron chi connectivity index (χ4n) is 3.99. The Kier molecular flexibility index (Phi) is 10.8. The molecule has 8 heteroatoms. The number of likely N-dealkylation sites (tertiary alicyclic amines) is 1. The highest BCUT2D eigenvalue weighted by Gasteiger charge is 2.24. The minimum atomic E-state index is 0.0164.